The molecule has 6 nitrogen and oxygen atoms in total. The average molecular weight is 423 g/mol. The van der Waals surface area contributed by atoms with Gasteiger partial charge in [-0.3, -0.25) is 9.59 Å². The van der Waals surface area contributed by atoms with Crippen LogP contribution in [0.3, 0.4) is 0 Å². The topological polar surface area (TPSA) is 118 Å². The highest BCUT2D eigenvalue weighted by molar-refractivity contribution is 7.25. The third kappa shape index (κ3) is 4.75. The zero-order valence-corrected chi connectivity index (χ0v) is 19.1. The first-order valence-corrected chi connectivity index (χ1v) is 11.1. The first-order chi connectivity index (χ1) is 13.2. The quantitative estimate of drug-likeness (QED) is 0.555. The van der Waals surface area contributed by atoms with Crippen LogP contribution in [0.1, 0.15) is 70.6 Å². The zero-order chi connectivity index (χ0) is 22.2. The van der Waals surface area contributed by atoms with Crippen molar-refractivity contribution in [3.63, 3.8) is 0 Å². The molecule has 0 spiro atoms. The molecule has 0 aromatic heterocycles. The predicted molar refractivity (Wildman–Crippen MR) is 115 cm³/mol. The summed E-state index contributed by atoms with van der Waals surface area (Å²) in [4.78, 5) is 22.8. The van der Waals surface area contributed by atoms with Gasteiger partial charge in [0.1, 0.15) is 5.34 Å². The second-order valence-electron chi connectivity index (χ2n) is 9.77. The Bertz CT molecular complexity index is 819. The predicted octanol–water partition coefficient (Wildman–Crippen LogP) is 3.24. The molecule has 0 saturated carbocycles. The molecule has 4 atom stereocenters. The van der Waals surface area contributed by atoms with Gasteiger partial charge in [0.25, 0.3) is 0 Å². The molecule has 0 bridgehead atoms. The summed E-state index contributed by atoms with van der Waals surface area (Å²) >= 11 is 0. The summed E-state index contributed by atoms with van der Waals surface area (Å²) in [5.74, 6) is -2.79. The molecule has 2 rings (SSSR count). The molecule has 7 heteroatoms. The lowest BCUT2D eigenvalue weighted by atomic mass is 9.58. The van der Waals surface area contributed by atoms with Crippen LogP contribution in [0.4, 0.5) is 0 Å². The maximum absolute atomic E-state index is 12.0. The number of carboxylic acids is 1. The largest absolute Gasteiger partial charge is 0.481 e. The maximum Gasteiger partial charge on any atom is 0.309 e. The summed E-state index contributed by atoms with van der Waals surface area (Å²) in [5, 5.41) is 18.7. The van der Waals surface area contributed by atoms with Gasteiger partial charge in [-0.15, -0.1) is 0 Å². The highest BCUT2D eigenvalue weighted by Crippen LogP contribution is 2.49. The Kier molecular flexibility index (Phi) is 6.71. The molecule has 1 aromatic carbocycles. The Labute approximate surface area is 174 Å². The molecule has 0 saturated heterocycles. The van der Waals surface area contributed by atoms with E-state index in [4.69, 9.17) is 5.73 Å². The van der Waals surface area contributed by atoms with Crippen LogP contribution in [0.2, 0.25) is 0 Å². The van der Waals surface area contributed by atoms with Gasteiger partial charge in [0.2, 0.25) is 5.91 Å². The number of nitrogens with two attached hydrogens (primary N) is 1. The van der Waals surface area contributed by atoms with Crippen LogP contribution < -0.4 is 5.73 Å². The monoisotopic (exact) mass is 423 g/mol. The number of aliphatic hydroxyl groups is 1. The number of amides is 1. The number of benzene rings is 1. The van der Waals surface area contributed by atoms with Gasteiger partial charge in [-0.25, -0.2) is 0 Å². The van der Waals surface area contributed by atoms with Crippen LogP contribution in [-0.2, 0) is 31.4 Å². The van der Waals surface area contributed by atoms with Crippen LogP contribution in [-0.4, -0.2) is 27.4 Å². The molecule has 0 radical (unpaired) electrons. The van der Waals surface area contributed by atoms with Crippen LogP contribution in [0.15, 0.2) is 18.2 Å². The van der Waals surface area contributed by atoms with Gasteiger partial charge in [-0.1, -0.05) is 52.8 Å². The molecule has 4 unspecified atom stereocenters. The Morgan fingerprint density at radius 2 is 1.90 bits per heavy atom. The summed E-state index contributed by atoms with van der Waals surface area (Å²) in [6, 6.07) is 5.97. The van der Waals surface area contributed by atoms with E-state index in [-0.39, 0.29) is 30.1 Å². The minimum Gasteiger partial charge on any atom is -0.481 e. The summed E-state index contributed by atoms with van der Waals surface area (Å²) in [5.41, 5.74) is 8.28. The molecule has 0 aliphatic heterocycles. The summed E-state index contributed by atoms with van der Waals surface area (Å²) in [6.07, 6.45) is 0.702. The molecule has 0 heterocycles. The van der Waals surface area contributed by atoms with E-state index in [1.165, 1.54) is 11.1 Å². The molecular weight excluding hydrogens is 389 g/mol. The van der Waals surface area contributed by atoms with Crippen LogP contribution in [0, 0.1) is 11.8 Å². The third-order valence-corrected chi connectivity index (χ3v) is 7.84. The number of fused-ring (bicyclic) bond motifs is 1. The Morgan fingerprint density at radius 1 is 1.28 bits per heavy atom. The fourth-order valence-corrected chi connectivity index (χ4v) is 5.46. The van der Waals surface area contributed by atoms with Gasteiger partial charge < -0.3 is 20.5 Å². The van der Waals surface area contributed by atoms with Gasteiger partial charge in [-0.05, 0) is 46.3 Å². The minimum absolute atomic E-state index is 0.0218. The van der Waals surface area contributed by atoms with Crippen molar-refractivity contribution in [2.45, 2.75) is 76.5 Å². The molecule has 162 valence electrons. The number of hydrogen-bond donors (Lipinski definition) is 3. The highest BCUT2D eigenvalue weighted by atomic mass is 31.1. The van der Waals surface area contributed by atoms with Crippen molar-refractivity contribution in [1.29, 1.82) is 0 Å². The Hall–Kier alpha value is -1.65. The van der Waals surface area contributed by atoms with Crippen LogP contribution >= 0.6 is 8.46 Å². The minimum atomic E-state index is -1.91. The van der Waals surface area contributed by atoms with E-state index in [1.54, 1.807) is 0 Å². The molecule has 1 aliphatic carbocycles. The van der Waals surface area contributed by atoms with Gasteiger partial charge in [0.15, 0.2) is 0 Å². The number of carbonyl (C=O) groups excluding carboxylic acids is 1. The zero-order valence-electron chi connectivity index (χ0n) is 18.0. The number of carboxylic acid groups (broad SMARTS) is 1. The molecule has 4 N–H and O–H groups in total. The first kappa shape index (κ1) is 23.6. The SMILES string of the molecule is CC1CC(C)(C)c2ccc(CC(O)([PH2]=O)C(CCC(N)=O)C(=O)O)cc2C1(C)C. The second kappa shape index (κ2) is 8.23. The standard InChI is InChI=1S/C22H34NO5P/c1-13-11-20(2,3)15-7-6-14(10-17(15)21(13,4)5)12-22(27,29-28)16(19(25)26)8-9-18(23)24/h6-7,10,13,16,27H,8-9,11-12,29H2,1-5H3,(H2,23,24)(H,25,26). The van der Waals surface area contributed by atoms with Crippen molar-refractivity contribution in [2.75, 3.05) is 0 Å². The second-order valence-corrected chi connectivity index (χ2v) is 11.0. The van der Waals surface area contributed by atoms with Crippen molar-refractivity contribution < 1.29 is 24.4 Å². The molecule has 0 fully saturated rings. The van der Waals surface area contributed by atoms with Gasteiger partial charge in [0.05, 0.1) is 14.4 Å². The Balaban J connectivity index is 2.44. The number of hydrogen-bond acceptors (Lipinski definition) is 4. The van der Waals surface area contributed by atoms with Crippen molar-refractivity contribution >= 4 is 20.3 Å². The van der Waals surface area contributed by atoms with Crippen molar-refractivity contribution in [2.24, 2.45) is 17.6 Å². The number of rotatable bonds is 8. The highest BCUT2D eigenvalue weighted by Gasteiger charge is 2.44. The summed E-state index contributed by atoms with van der Waals surface area (Å²) in [7, 11) is -1.80. The van der Waals surface area contributed by atoms with Crippen molar-refractivity contribution in [3.05, 3.63) is 34.9 Å². The normalized spacial score (nSPS) is 23.3. The number of carbonyl (C=O) groups is 2. The molecule has 29 heavy (non-hydrogen) atoms. The average Bonchev–Trinajstić information content (AvgIpc) is 2.59. The maximum atomic E-state index is 12.0. The molecule has 1 amide bonds. The lowest BCUT2D eigenvalue weighted by Gasteiger charge is -2.46. The molecule has 1 aliphatic rings. The third-order valence-electron chi connectivity index (χ3n) is 6.83. The van der Waals surface area contributed by atoms with Crippen LogP contribution in [0.25, 0.3) is 0 Å². The van der Waals surface area contributed by atoms with Gasteiger partial charge >= 0.3 is 5.97 Å². The van der Waals surface area contributed by atoms with E-state index in [2.05, 4.69) is 40.7 Å². The van der Waals surface area contributed by atoms with Gasteiger partial charge in [-0.2, -0.15) is 0 Å². The van der Waals surface area contributed by atoms with Crippen molar-refractivity contribution in [1.82, 2.24) is 0 Å². The van der Waals surface area contributed by atoms with E-state index in [0.717, 1.165) is 12.0 Å². The van der Waals surface area contributed by atoms with Crippen LogP contribution in [0.5, 0.6) is 0 Å². The van der Waals surface area contributed by atoms with E-state index >= 15 is 0 Å². The fraction of sp³-hybridized carbons (Fsp3) is 0.636. The molecule has 1 aromatic rings. The lowest BCUT2D eigenvalue weighted by molar-refractivity contribution is -0.147. The lowest BCUT2D eigenvalue weighted by Crippen LogP contribution is -2.41. The molecular formula is C22H34NO5P. The van der Waals surface area contributed by atoms with Crippen molar-refractivity contribution in [3.8, 4) is 0 Å². The van der Waals surface area contributed by atoms with Gasteiger partial charge in [0, 0.05) is 12.8 Å². The summed E-state index contributed by atoms with van der Waals surface area (Å²) in [6.45, 7) is 11.1. The van der Waals surface area contributed by atoms with E-state index in [1.807, 2.05) is 12.1 Å². The summed E-state index contributed by atoms with van der Waals surface area (Å²) < 4.78 is 12.0. The smallest absolute Gasteiger partial charge is 0.309 e. The van der Waals surface area contributed by atoms with E-state index in [0.29, 0.717) is 5.92 Å². The van der Waals surface area contributed by atoms with E-state index in [9.17, 15) is 24.4 Å². The van der Waals surface area contributed by atoms with E-state index < -0.39 is 31.6 Å². The number of primary amides is 1. The fourth-order valence-electron chi connectivity index (χ4n) is 4.67. The Morgan fingerprint density at radius 3 is 2.41 bits per heavy atom. The number of aliphatic carboxylic acids is 1. The first-order valence-electron chi connectivity index (χ1n) is 10.1.